The van der Waals surface area contributed by atoms with Crippen molar-refractivity contribution in [3.8, 4) is 0 Å². The first kappa shape index (κ1) is 24.6. The van der Waals surface area contributed by atoms with Gasteiger partial charge in [-0.1, -0.05) is 55.5 Å². The Morgan fingerprint density at radius 3 is 2.19 bits per heavy atom. The normalized spacial score (nSPS) is 11.6. The average Bonchev–Trinajstić information content (AvgIpc) is 3.25. The Bertz CT molecular complexity index is 1670. The zero-order valence-corrected chi connectivity index (χ0v) is 21.7. The van der Waals surface area contributed by atoms with Gasteiger partial charge in [-0.15, -0.1) is 0 Å². The van der Waals surface area contributed by atoms with Gasteiger partial charge in [-0.2, -0.15) is 0 Å². The van der Waals surface area contributed by atoms with Gasteiger partial charge in [0.2, 0.25) is 5.91 Å². The highest BCUT2D eigenvalue weighted by molar-refractivity contribution is 7.92. The number of aromatic nitrogens is 1. The summed E-state index contributed by atoms with van der Waals surface area (Å²) in [4.78, 5) is 13.4. The Hall–Kier alpha value is -4.10. The minimum absolute atomic E-state index is 0.135. The van der Waals surface area contributed by atoms with Crippen molar-refractivity contribution in [1.82, 2.24) is 4.57 Å². The monoisotopic (exact) mass is 511 g/mol. The van der Waals surface area contributed by atoms with E-state index in [4.69, 9.17) is 0 Å². The van der Waals surface area contributed by atoms with Crippen LogP contribution in [0.2, 0.25) is 0 Å². The van der Waals surface area contributed by atoms with Crippen molar-refractivity contribution in [1.29, 1.82) is 0 Å². The molecule has 0 saturated carbocycles. The molecule has 5 rings (SSSR count). The maximum absolute atomic E-state index is 13.6. The molecule has 1 N–H and O–H groups in total. The number of nitrogens with one attached hydrogen (secondary N) is 1. The van der Waals surface area contributed by atoms with E-state index < -0.39 is 15.9 Å². The summed E-state index contributed by atoms with van der Waals surface area (Å²) >= 11 is 0. The molecular formula is C30H29N3O3S. The van der Waals surface area contributed by atoms with Gasteiger partial charge in [-0.25, -0.2) is 8.42 Å². The van der Waals surface area contributed by atoms with Gasteiger partial charge in [0, 0.05) is 34.0 Å². The van der Waals surface area contributed by atoms with Crippen LogP contribution in [0.5, 0.6) is 0 Å². The quantitative estimate of drug-likeness (QED) is 0.269. The molecule has 1 aromatic heterocycles. The fraction of sp³-hybridized carbons (Fsp3) is 0.167. The van der Waals surface area contributed by atoms with Crippen LogP contribution < -0.4 is 9.62 Å². The van der Waals surface area contributed by atoms with Crippen LogP contribution in [-0.2, 0) is 27.8 Å². The van der Waals surface area contributed by atoms with Crippen LogP contribution in [-0.4, -0.2) is 25.4 Å². The minimum Gasteiger partial charge on any atom is -0.341 e. The van der Waals surface area contributed by atoms with E-state index in [9.17, 15) is 13.2 Å². The Kier molecular flexibility index (Phi) is 6.72. The highest BCUT2D eigenvalue weighted by Gasteiger charge is 2.27. The largest absolute Gasteiger partial charge is 0.341 e. The van der Waals surface area contributed by atoms with Gasteiger partial charge in [-0.05, 0) is 67.4 Å². The number of carbonyl (C=O) groups excluding carboxylic acids is 1. The van der Waals surface area contributed by atoms with E-state index in [1.807, 2.05) is 49.4 Å². The van der Waals surface area contributed by atoms with Gasteiger partial charge >= 0.3 is 0 Å². The molecule has 188 valence electrons. The smallest absolute Gasteiger partial charge is 0.264 e. The number of fused-ring (bicyclic) bond motifs is 3. The summed E-state index contributed by atoms with van der Waals surface area (Å²) in [5.41, 5.74) is 4.38. The molecule has 1 amide bonds. The molecule has 0 fully saturated rings. The average molecular weight is 512 g/mol. The summed E-state index contributed by atoms with van der Waals surface area (Å²) in [6, 6.07) is 29.5. The first-order valence-corrected chi connectivity index (χ1v) is 13.8. The lowest BCUT2D eigenvalue weighted by atomic mass is 10.1. The first-order valence-electron chi connectivity index (χ1n) is 12.4. The van der Waals surface area contributed by atoms with Crippen molar-refractivity contribution < 1.29 is 13.2 Å². The number of benzene rings is 4. The minimum atomic E-state index is -3.96. The molecule has 5 aromatic rings. The topological polar surface area (TPSA) is 71.4 Å². The second-order valence-corrected chi connectivity index (χ2v) is 10.7. The van der Waals surface area contributed by atoms with Crippen LogP contribution in [0, 0.1) is 0 Å². The summed E-state index contributed by atoms with van der Waals surface area (Å²) in [6.07, 6.45) is 0.836. The van der Waals surface area contributed by atoms with E-state index in [0.29, 0.717) is 11.4 Å². The molecule has 0 spiro atoms. The molecule has 1 heterocycles. The number of para-hydroxylation sites is 1. The van der Waals surface area contributed by atoms with Gasteiger partial charge in [0.1, 0.15) is 6.54 Å². The number of aryl methyl sites for hydroxylation is 2. The van der Waals surface area contributed by atoms with Crippen LogP contribution in [0.15, 0.2) is 102 Å². The molecule has 7 heteroatoms. The number of hydrogen-bond acceptors (Lipinski definition) is 3. The van der Waals surface area contributed by atoms with Crippen molar-refractivity contribution in [2.75, 3.05) is 16.2 Å². The molecule has 6 nitrogen and oxygen atoms in total. The predicted octanol–water partition coefficient (Wildman–Crippen LogP) is 6.21. The number of amides is 1. The van der Waals surface area contributed by atoms with Gasteiger partial charge in [-0.3, -0.25) is 9.10 Å². The maximum Gasteiger partial charge on any atom is 0.264 e. The molecule has 0 unspecified atom stereocenters. The fourth-order valence-electron chi connectivity index (χ4n) is 4.74. The molecule has 37 heavy (non-hydrogen) atoms. The van der Waals surface area contributed by atoms with Gasteiger partial charge in [0.05, 0.1) is 10.6 Å². The highest BCUT2D eigenvalue weighted by Crippen LogP contribution is 2.31. The van der Waals surface area contributed by atoms with Crippen molar-refractivity contribution in [2.45, 2.75) is 31.7 Å². The Morgan fingerprint density at radius 1 is 0.811 bits per heavy atom. The van der Waals surface area contributed by atoms with Crippen LogP contribution in [0.3, 0.4) is 0 Å². The molecule has 0 radical (unpaired) electrons. The van der Waals surface area contributed by atoms with E-state index in [-0.39, 0.29) is 11.4 Å². The lowest BCUT2D eigenvalue weighted by Crippen LogP contribution is -2.38. The second-order valence-electron chi connectivity index (χ2n) is 8.89. The van der Waals surface area contributed by atoms with Crippen LogP contribution in [0.4, 0.5) is 11.4 Å². The van der Waals surface area contributed by atoms with Gasteiger partial charge in [0.15, 0.2) is 0 Å². The number of sulfonamides is 1. The van der Waals surface area contributed by atoms with Crippen molar-refractivity contribution in [3.63, 3.8) is 0 Å². The van der Waals surface area contributed by atoms with Crippen molar-refractivity contribution in [3.05, 3.63) is 103 Å². The van der Waals surface area contributed by atoms with E-state index in [1.165, 1.54) is 16.4 Å². The van der Waals surface area contributed by atoms with E-state index >= 15 is 0 Å². The maximum atomic E-state index is 13.6. The van der Waals surface area contributed by atoms with Gasteiger partial charge < -0.3 is 9.88 Å². The molecule has 0 bridgehead atoms. The van der Waals surface area contributed by atoms with E-state index in [0.717, 1.165) is 40.3 Å². The zero-order valence-electron chi connectivity index (χ0n) is 20.9. The molecule has 0 aliphatic rings. The Morgan fingerprint density at radius 2 is 1.49 bits per heavy atom. The summed E-state index contributed by atoms with van der Waals surface area (Å²) < 4.78 is 30.6. The number of rotatable bonds is 8. The third-order valence-electron chi connectivity index (χ3n) is 6.62. The number of nitrogens with zero attached hydrogens (tertiary/aromatic N) is 2. The standard InChI is InChI=1S/C30H29N3O3S/c1-3-22-14-17-24(18-15-22)33(37(35,36)25-10-6-5-7-11-25)21-30(34)31-23-16-19-29-27(20-23)26-12-8-9-13-28(26)32(29)4-2/h5-20H,3-4,21H2,1-2H3,(H,31,34). The lowest BCUT2D eigenvalue weighted by molar-refractivity contribution is -0.114. The molecular weight excluding hydrogens is 482 g/mol. The number of carbonyl (C=O) groups is 1. The van der Waals surface area contributed by atoms with Crippen molar-refractivity contribution in [2.24, 2.45) is 0 Å². The molecule has 0 aliphatic carbocycles. The van der Waals surface area contributed by atoms with Crippen molar-refractivity contribution >= 4 is 49.1 Å². The van der Waals surface area contributed by atoms with Gasteiger partial charge in [0.25, 0.3) is 10.0 Å². The summed E-state index contributed by atoms with van der Waals surface area (Å²) in [5, 5.41) is 5.07. The Balaban J connectivity index is 1.47. The predicted molar refractivity (Wildman–Crippen MR) is 151 cm³/mol. The fourth-order valence-corrected chi connectivity index (χ4v) is 6.18. The molecule has 4 aromatic carbocycles. The van der Waals surface area contributed by atoms with Crippen LogP contribution >= 0.6 is 0 Å². The van der Waals surface area contributed by atoms with Crippen LogP contribution in [0.25, 0.3) is 21.8 Å². The zero-order chi connectivity index (χ0) is 26.0. The lowest BCUT2D eigenvalue weighted by Gasteiger charge is -2.24. The third kappa shape index (κ3) is 4.70. The number of hydrogen-bond donors (Lipinski definition) is 1. The number of anilines is 2. The SMILES string of the molecule is CCc1ccc(N(CC(=O)Nc2ccc3c(c2)c2ccccc2n3CC)S(=O)(=O)c2ccccc2)cc1. The summed E-state index contributed by atoms with van der Waals surface area (Å²) in [6.45, 7) is 4.63. The molecule has 0 aliphatic heterocycles. The second kappa shape index (κ2) is 10.1. The third-order valence-corrected chi connectivity index (χ3v) is 8.41. The van der Waals surface area contributed by atoms with Crippen LogP contribution in [0.1, 0.15) is 19.4 Å². The molecule has 0 atom stereocenters. The van der Waals surface area contributed by atoms with E-state index in [1.54, 1.807) is 30.3 Å². The summed E-state index contributed by atoms with van der Waals surface area (Å²) in [5.74, 6) is -0.419. The van der Waals surface area contributed by atoms with E-state index in [2.05, 4.69) is 28.9 Å². The Labute approximate surface area is 217 Å². The first-order chi connectivity index (χ1) is 17.9. The highest BCUT2D eigenvalue weighted by atomic mass is 32.2. The molecule has 0 saturated heterocycles. The summed E-state index contributed by atoms with van der Waals surface area (Å²) in [7, 11) is -3.96.